The van der Waals surface area contributed by atoms with Crippen LogP contribution in [0.1, 0.15) is 30.8 Å². The van der Waals surface area contributed by atoms with Crippen molar-refractivity contribution >= 4 is 11.7 Å². The van der Waals surface area contributed by atoms with E-state index in [1.54, 1.807) is 22.9 Å². The highest BCUT2D eigenvalue weighted by molar-refractivity contribution is 5.92. The van der Waals surface area contributed by atoms with Crippen LogP contribution in [0.25, 0.3) is 5.78 Å². The van der Waals surface area contributed by atoms with Gasteiger partial charge in [-0.15, -0.1) is 0 Å². The number of amides is 1. The Hall–Kier alpha value is -1.99. The maximum absolute atomic E-state index is 12.1. The van der Waals surface area contributed by atoms with Crippen LogP contribution in [0.4, 0.5) is 0 Å². The van der Waals surface area contributed by atoms with Gasteiger partial charge in [0.15, 0.2) is 0 Å². The molecule has 0 aliphatic carbocycles. The molecule has 3 heterocycles. The van der Waals surface area contributed by atoms with E-state index >= 15 is 0 Å². The zero-order valence-corrected chi connectivity index (χ0v) is 13.6. The maximum atomic E-state index is 12.1. The number of rotatable bonds is 5. The first-order valence-corrected chi connectivity index (χ1v) is 8.07. The smallest absolute Gasteiger partial charge is 0.271 e. The van der Waals surface area contributed by atoms with Gasteiger partial charge < -0.3 is 10.1 Å². The van der Waals surface area contributed by atoms with Crippen LogP contribution < -0.4 is 5.32 Å². The number of nitrogens with zero attached hydrogens (tertiary/aromatic N) is 4. The fourth-order valence-corrected chi connectivity index (χ4v) is 3.00. The van der Waals surface area contributed by atoms with Crippen LogP contribution in [-0.2, 0) is 4.74 Å². The van der Waals surface area contributed by atoms with Crippen LogP contribution in [-0.4, -0.2) is 63.6 Å². The molecule has 2 aromatic heterocycles. The number of nitrogens with one attached hydrogen (secondary N) is 1. The molecular weight excluding hydrogens is 294 g/mol. The van der Waals surface area contributed by atoms with Crippen molar-refractivity contribution in [2.75, 3.05) is 26.2 Å². The summed E-state index contributed by atoms with van der Waals surface area (Å²) in [5.41, 5.74) is 0.400. The second-order valence-corrected chi connectivity index (χ2v) is 6.08. The van der Waals surface area contributed by atoms with Crippen LogP contribution >= 0.6 is 0 Å². The summed E-state index contributed by atoms with van der Waals surface area (Å²) in [5.74, 6) is 0.383. The van der Waals surface area contributed by atoms with E-state index in [-0.39, 0.29) is 18.1 Å². The Bertz CT molecular complexity index is 628. The molecule has 1 fully saturated rings. The largest absolute Gasteiger partial charge is 0.373 e. The van der Waals surface area contributed by atoms with Crippen molar-refractivity contribution in [2.45, 2.75) is 32.5 Å². The van der Waals surface area contributed by atoms with Gasteiger partial charge >= 0.3 is 0 Å². The SMILES string of the molecule is C[C@@H]1CN(CCCNC(=O)c2cn3cccnc3n2)C[C@H](C)O1. The highest BCUT2D eigenvalue weighted by atomic mass is 16.5. The fourth-order valence-electron chi connectivity index (χ4n) is 3.00. The lowest BCUT2D eigenvalue weighted by atomic mass is 10.2. The monoisotopic (exact) mass is 317 g/mol. The minimum absolute atomic E-state index is 0.154. The third kappa shape index (κ3) is 4.05. The minimum Gasteiger partial charge on any atom is -0.373 e. The summed E-state index contributed by atoms with van der Waals surface area (Å²) in [7, 11) is 0. The summed E-state index contributed by atoms with van der Waals surface area (Å²) < 4.78 is 7.46. The van der Waals surface area contributed by atoms with E-state index in [1.807, 2.05) is 6.20 Å². The van der Waals surface area contributed by atoms with Crippen LogP contribution in [0, 0.1) is 0 Å². The molecule has 1 N–H and O–H groups in total. The lowest BCUT2D eigenvalue weighted by Gasteiger charge is -2.35. The molecule has 3 rings (SSSR count). The second kappa shape index (κ2) is 7.06. The molecule has 0 saturated carbocycles. The fraction of sp³-hybridized carbons (Fsp3) is 0.562. The molecule has 0 spiro atoms. The second-order valence-electron chi connectivity index (χ2n) is 6.08. The lowest BCUT2D eigenvalue weighted by Crippen LogP contribution is -2.46. The Morgan fingerprint density at radius 1 is 1.39 bits per heavy atom. The molecule has 1 saturated heterocycles. The Morgan fingerprint density at radius 3 is 2.91 bits per heavy atom. The molecule has 1 aliphatic heterocycles. The minimum atomic E-state index is -0.154. The number of aromatic nitrogens is 3. The first-order valence-electron chi connectivity index (χ1n) is 8.07. The quantitative estimate of drug-likeness (QED) is 0.832. The summed E-state index contributed by atoms with van der Waals surface area (Å²) in [6.45, 7) is 7.71. The number of fused-ring (bicyclic) bond motifs is 1. The van der Waals surface area contributed by atoms with E-state index in [4.69, 9.17) is 4.74 Å². The number of carbonyl (C=O) groups excluding carboxylic acids is 1. The van der Waals surface area contributed by atoms with Gasteiger partial charge in [-0.3, -0.25) is 14.1 Å². The van der Waals surface area contributed by atoms with Crippen molar-refractivity contribution in [1.29, 1.82) is 0 Å². The molecule has 23 heavy (non-hydrogen) atoms. The van der Waals surface area contributed by atoms with E-state index in [0.717, 1.165) is 26.1 Å². The number of morpholine rings is 1. The molecule has 0 bridgehead atoms. The van der Waals surface area contributed by atoms with Gasteiger partial charge in [0, 0.05) is 44.8 Å². The van der Waals surface area contributed by atoms with Crippen molar-refractivity contribution in [2.24, 2.45) is 0 Å². The van der Waals surface area contributed by atoms with Crippen molar-refractivity contribution in [1.82, 2.24) is 24.6 Å². The lowest BCUT2D eigenvalue weighted by molar-refractivity contribution is -0.0679. The molecular formula is C16H23N5O2. The van der Waals surface area contributed by atoms with E-state index in [1.165, 1.54) is 0 Å². The Labute approximate surface area is 135 Å². The Morgan fingerprint density at radius 2 is 2.17 bits per heavy atom. The van der Waals surface area contributed by atoms with E-state index in [9.17, 15) is 4.79 Å². The summed E-state index contributed by atoms with van der Waals surface area (Å²) >= 11 is 0. The van der Waals surface area contributed by atoms with Gasteiger partial charge in [0.2, 0.25) is 5.78 Å². The molecule has 0 unspecified atom stereocenters. The van der Waals surface area contributed by atoms with Crippen molar-refractivity contribution < 1.29 is 9.53 Å². The predicted molar refractivity (Wildman–Crippen MR) is 86.4 cm³/mol. The molecule has 1 amide bonds. The molecule has 0 aromatic carbocycles. The molecule has 0 radical (unpaired) electrons. The number of carbonyl (C=O) groups is 1. The van der Waals surface area contributed by atoms with E-state index < -0.39 is 0 Å². The highest BCUT2D eigenvalue weighted by Crippen LogP contribution is 2.10. The van der Waals surface area contributed by atoms with Crippen LogP contribution in [0.3, 0.4) is 0 Å². The third-order valence-corrected chi connectivity index (χ3v) is 3.90. The zero-order valence-electron chi connectivity index (χ0n) is 13.6. The predicted octanol–water partition coefficient (Wildman–Crippen LogP) is 0.958. The summed E-state index contributed by atoms with van der Waals surface area (Å²) in [4.78, 5) is 22.8. The van der Waals surface area contributed by atoms with Gasteiger partial charge in [-0.05, 0) is 26.3 Å². The average molecular weight is 317 g/mol. The number of imidazole rings is 1. The summed E-state index contributed by atoms with van der Waals surface area (Å²) in [6.07, 6.45) is 6.65. The number of ether oxygens (including phenoxy) is 1. The third-order valence-electron chi connectivity index (χ3n) is 3.90. The van der Waals surface area contributed by atoms with Crippen molar-refractivity contribution in [3.05, 3.63) is 30.4 Å². The van der Waals surface area contributed by atoms with Gasteiger partial charge in [-0.25, -0.2) is 9.97 Å². The summed E-state index contributed by atoms with van der Waals surface area (Å²) in [6, 6.07) is 1.81. The van der Waals surface area contributed by atoms with E-state index in [2.05, 4.69) is 34.0 Å². The number of hydrogen-bond donors (Lipinski definition) is 1. The van der Waals surface area contributed by atoms with Crippen LogP contribution in [0.15, 0.2) is 24.7 Å². The average Bonchev–Trinajstić information content (AvgIpc) is 2.94. The number of hydrogen-bond acceptors (Lipinski definition) is 5. The standard InChI is InChI=1S/C16H23N5O2/c1-12-9-20(10-13(2)23-12)7-3-5-17-15(22)14-11-21-8-4-6-18-16(21)19-14/h4,6,8,11-13H,3,5,7,9-10H2,1-2H3,(H,17,22)/t12-,13+. The van der Waals surface area contributed by atoms with Crippen LogP contribution in [0.5, 0.6) is 0 Å². The normalized spacial score (nSPS) is 22.3. The first-order chi connectivity index (χ1) is 11.1. The Kier molecular flexibility index (Phi) is 4.88. The van der Waals surface area contributed by atoms with Crippen molar-refractivity contribution in [3.63, 3.8) is 0 Å². The van der Waals surface area contributed by atoms with Gasteiger partial charge in [0.1, 0.15) is 5.69 Å². The Balaban J connectivity index is 1.44. The van der Waals surface area contributed by atoms with Gasteiger partial charge in [-0.2, -0.15) is 0 Å². The van der Waals surface area contributed by atoms with Gasteiger partial charge in [0.25, 0.3) is 5.91 Å². The molecule has 2 aromatic rings. The zero-order chi connectivity index (χ0) is 16.2. The van der Waals surface area contributed by atoms with E-state index in [0.29, 0.717) is 18.0 Å². The van der Waals surface area contributed by atoms with Gasteiger partial charge in [-0.1, -0.05) is 0 Å². The molecule has 1 aliphatic rings. The van der Waals surface area contributed by atoms with Crippen molar-refractivity contribution in [3.8, 4) is 0 Å². The first kappa shape index (κ1) is 15.9. The van der Waals surface area contributed by atoms with Gasteiger partial charge in [0.05, 0.1) is 12.2 Å². The highest BCUT2D eigenvalue weighted by Gasteiger charge is 2.21. The van der Waals surface area contributed by atoms with Crippen LogP contribution in [0.2, 0.25) is 0 Å². The topological polar surface area (TPSA) is 71.8 Å². The maximum Gasteiger partial charge on any atom is 0.271 e. The molecule has 7 nitrogen and oxygen atoms in total. The molecule has 2 atom stereocenters. The summed E-state index contributed by atoms with van der Waals surface area (Å²) in [5, 5.41) is 2.92. The molecule has 7 heteroatoms. The molecule has 124 valence electrons.